The first-order valence-electron chi connectivity index (χ1n) is 7.55. The van der Waals surface area contributed by atoms with Gasteiger partial charge < -0.3 is 5.11 Å². The van der Waals surface area contributed by atoms with Crippen molar-refractivity contribution in [1.29, 1.82) is 0 Å². The highest BCUT2D eigenvalue weighted by atomic mass is 32.2. The number of carbonyl (C=O) groups is 1. The number of Topliss-reactive ketones (excluding diaryl/α,β-unsaturated/α-hetero) is 1. The van der Waals surface area contributed by atoms with Gasteiger partial charge in [0.05, 0.1) is 21.7 Å². The summed E-state index contributed by atoms with van der Waals surface area (Å²) in [7, 11) is -3.48. The van der Waals surface area contributed by atoms with Gasteiger partial charge in [-0.3, -0.25) is 4.79 Å². The Kier molecular flexibility index (Phi) is 3.27. The van der Waals surface area contributed by atoms with Gasteiger partial charge in [-0.05, 0) is 12.1 Å². The Morgan fingerprint density at radius 3 is 2.32 bits per heavy atom. The standard InChI is InChI=1S/C19H13NO4S/c1-25(23,24)15-8-4-5-11-9-10-14(20-17(11)15)16-18(21)12-6-2-3-7-13(12)19(16)22/h2-10,21H,1H3. The molecule has 124 valence electrons. The van der Waals surface area contributed by atoms with Crippen molar-refractivity contribution in [2.45, 2.75) is 4.90 Å². The molecule has 0 fully saturated rings. The van der Waals surface area contributed by atoms with Crippen LogP contribution in [0.3, 0.4) is 0 Å². The number of allylic oxidation sites excluding steroid dienone is 1. The average Bonchev–Trinajstić information content (AvgIpc) is 2.84. The van der Waals surface area contributed by atoms with E-state index in [2.05, 4.69) is 4.98 Å². The van der Waals surface area contributed by atoms with Gasteiger partial charge >= 0.3 is 0 Å². The van der Waals surface area contributed by atoms with E-state index in [-0.39, 0.29) is 33.2 Å². The number of fused-ring (bicyclic) bond motifs is 2. The summed E-state index contributed by atoms with van der Waals surface area (Å²) in [6.45, 7) is 0. The van der Waals surface area contributed by atoms with E-state index in [0.717, 1.165) is 6.26 Å². The summed E-state index contributed by atoms with van der Waals surface area (Å²) in [6, 6.07) is 15.0. The minimum Gasteiger partial charge on any atom is -0.506 e. The summed E-state index contributed by atoms with van der Waals surface area (Å²) in [5.74, 6) is -0.457. The molecule has 1 aromatic heterocycles. The molecule has 0 radical (unpaired) electrons. The van der Waals surface area contributed by atoms with Gasteiger partial charge in [0.1, 0.15) is 5.76 Å². The van der Waals surface area contributed by atoms with Crippen LogP contribution in [0.15, 0.2) is 59.5 Å². The smallest absolute Gasteiger partial charge is 0.199 e. The van der Waals surface area contributed by atoms with Crippen LogP contribution >= 0.6 is 0 Å². The van der Waals surface area contributed by atoms with Crippen molar-refractivity contribution in [1.82, 2.24) is 4.98 Å². The van der Waals surface area contributed by atoms with Gasteiger partial charge in [0.2, 0.25) is 0 Å². The van der Waals surface area contributed by atoms with Crippen LogP contribution in [0.5, 0.6) is 0 Å². The quantitative estimate of drug-likeness (QED) is 0.766. The monoisotopic (exact) mass is 351 g/mol. The Balaban J connectivity index is 1.98. The van der Waals surface area contributed by atoms with Crippen LogP contribution in [0, 0.1) is 0 Å². The molecule has 0 aliphatic heterocycles. The maximum atomic E-state index is 12.6. The van der Waals surface area contributed by atoms with E-state index in [1.54, 1.807) is 48.5 Å². The highest BCUT2D eigenvalue weighted by Gasteiger charge is 2.31. The largest absolute Gasteiger partial charge is 0.506 e. The van der Waals surface area contributed by atoms with E-state index < -0.39 is 9.84 Å². The van der Waals surface area contributed by atoms with Gasteiger partial charge in [0.25, 0.3) is 0 Å². The molecule has 0 saturated carbocycles. The first-order valence-corrected chi connectivity index (χ1v) is 9.44. The van der Waals surface area contributed by atoms with Gasteiger partial charge in [-0.25, -0.2) is 13.4 Å². The van der Waals surface area contributed by atoms with Crippen LogP contribution in [-0.4, -0.2) is 30.5 Å². The molecule has 1 N–H and O–H groups in total. The SMILES string of the molecule is CS(=O)(=O)c1cccc2ccc(C3=C(O)c4ccccc4C3=O)nc12. The number of aliphatic hydroxyl groups is 1. The first-order chi connectivity index (χ1) is 11.9. The average molecular weight is 351 g/mol. The van der Waals surface area contributed by atoms with Gasteiger partial charge in [-0.1, -0.05) is 42.5 Å². The number of aromatic nitrogens is 1. The lowest BCUT2D eigenvalue weighted by molar-refractivity contribution is 0.105. The summed E-state index contributed by atoms with van der Waals surface area (Å²) in [6.07, 6.45) is 1.11. The number of ketones is 1. The normalized spacial score (nSPS) is 14.2. The van der Waals surface area contributed by atoms with Crippen molar-refractivity contribution in [3.63, 3.8) is 0 Å². The summed E-state index contributed by atoms with van der Waals surface area (Å²) in [5, 5.41) is 11.1. The Morgan fingerprint density at radius 2 is 1.64 bits per heavy atom. The number of nitrogens with zero attached hydrogens (tertiary/aromatic N) is 1. The van der Waals surface area contributed by atoms with Crippen molar-refractivity contribution in [3.05, 3.63) is 71.4 Å². The number of benzene rings is 2. The molecule has 0 atom stereocenters. The zero-order valence-corrected chi connectivity index (χ0v) is 14.0. The van der Waals surface area contributed by atoms with Crippen LogP contribution in [0.25, 0.3) is 22.2 Å². The van der Waals surface area contributed by atoms with Gasteiger partial charge in [0.15, 0.2) is 15.6 Å². The van der Waals surface area contributed by atoms with Crippen molar-refractivity contribution in [2.75, 3.05) is 6.26 Å². The minimum absolute atomic E-state index is 0.0893. The second kappa shape index (κ2) is 5.26. The number of sulfone groups is 1. The van der Waals surface area contributed by atoms with Gasteiger partial charge in [-0.2, -0.15) is 0 Å². The minimum atomic E-state index is -3.48. The highest BCUT2D eigenvalue weighted by Crippen LogP contribution is 2.36. The Hall–Kier alpha value is -2.99. The van der Waals surface area contributed by atoms with Crippen molar-refractivity contribution < 1.29 is 18.3 Å². The van der Waals surface area contributed by atoms with Crippen LogP contribution in [0.1, 0.15) is 21.6 Å². The lowest BCUT2D eigenvalue weighted by atomic mass is 10.1. The fourth-order valence-electron chi connectivity index (χ4n) is 3.06. The lowest BCUT2D eigenvalue weighted by Crippen LogP contribution is -2.03. The van der Waals surface area contributed by atoms with Crippen LogP contribution in [0.4, 0.5) is 0 Å². The van der Waals surface area contributed by atoms with E-state index in [1.165, 1.54) is 6.07 Å². The molecule has 25 heavy (non-hydrogen) atoms. The first kappa shape index (κ1) is 15.5. The molecule has 0 amide bonds. The summed E-state index contributed by atoms with van der Waals surface area (Å²) < 4.78 is 24.0. The number of para-hydroxylation sites is 1. The van der Waals surface area contributed by atoms with E-state index >= 15 is 0 Å². The van der Waals surface area contributed by atoms with E-state index in [0.29, 0.717) is 16.5 Å². The zero-order chi connectivity index (χ0) is 17.8. The third kappa shape index (κ3) is 2.34. The molecule has 0 unspecified atom stereocenters. The molecule has 2 aromatic carbocycles. The topological polar surface area (TPSA) is 84.3 Å². The van der Waals surface area contributed by atoms with Crippen molar-refractivity contribution >= 4 is 37.9 Å². The molecular formula is C19H13NO4S. The highest BCUT2D eigenvalue weighted by molar-refractivity contribution is 7.91. The maximum absolute atomic E-state index is 12.6. The van der Waals surface area contributed by atoms with Crippen molar-refractivity contribution in [2.24, 2.45) is 0 Å². The maximum Gasteiger partial charge on any atom is 0.199 e. The fraction of sp³-hybridized carbons (Fsp3) is 0.0526. The zero-order valence-electron chi connectivity index (χ0n) is 13.2. The number of hydrogen-bond acceptors (Lipinski definition) is 5. The molecule has 1 aliphatic carbocycles. The Bertz CT molecular complexity index is 1190. The van der Waals surface area contributed by atoms with Crippen LogP contribution in [-0.2, 0) is 9.84 Å². The number of hydrogen-bond donors (Lipinski definition) is 1. The predicted molar refractivity (Wildman–Crippen MR) is 95.1 cm³/mol. The molecule has 0 bridgehead atoms. The molecule has 0 spiro atoms. The van der Waals surface area contributed by atoms with E-state index in [4.69, 9.17) is 0 Å². The Morgan fingerprint density at radius 1 is 0.920 bits per heavy atom. The lowest BCUT2D eigenvalue weighted by Gasteiger charge is -2.07. The molecule has 3 aromatic rings. The van der Waals surface area contributed by atoms with Crippen LogP contribution in [0.2, 0.25) is 0 Å². The Labute approximate surface area is 144 Å². The van der Waals surface area contributed by atoms with Crippen LogP contribution < -0.4 is 0 Å². The number of aliphatic hydroxyl groups excluding tert-OH is 1. The molecule has 5 nitrogen and oxygen atoms in total. The second-order valence-corrected chi connectivity index (χ2v) is 7.88. The number of rotatable bonds is 2. The summed E-state index contributed by atoms with van der Waals surface area (Å²) >= 11 is 0. The van der Waals surface area contributed by atoms with Gasteiger partial charge in [0, 0.05) is 22.8 Å². The molecule has 0 saturated heterocycles. The predicted octanol–water partition coefficient (Wildman–Crippen LogP) is 3.26. The fourth-order valence-corrected chi connectivity index (χ4v) is 3.90. The third-order valence-electron chi connectivity index (χ3n) is 4.23. The molecule has 1 heterocycles. The van der Waals surface area contributed by atoms with E-state index in [1.807, 2.05) is 0 Å². The molecule has 6 heteroatoms. The third-order valence-corrected chi connectivity index (χ3v) is 5.36. The molecular weight excluding hydrogens is 338 g/mol. The van der Waals surface area contributed by atoms with Gasteiger partial charge in [-0.15, -0.1) is 0 Å². The number of carbonyl (C=O) groups excluding carboxylic acids is 1. The molecule has 1 aliphatic rings. The summed E-state index contributed by atoms with van der Waals surface area (Å²) in [5.41, 5.74) is 1.49. The molecule has 4 rings (SSSR count). The van der Waals surface area contributed by atoms with Crippen molar-refractivity contribution in [3.8, 4) is 0 Å². The second-order valence-electron chi connectivity index (χ2n) is 5.89. The van der Waals surface area contributed by atoms with E-state index in [9.17, 15) is 18.3 Å². The number of pyridine rings is 1. The summed E-state index contributed by atoms with van der Waals surface area (Å²) in [4.78, 5) is 17.1.